The van der Waals surface area contributed by atoms with Crippen LogP contribution in [0, 0.1) is 6.92 Å². The van der Waals surface area contributed by atoms with Crippen LogP contribution in [0.4, 0.5) is 0 Å². The van der Waals surface area contributed by atoms with E-state index in [-0.39, 0.29) is 0 Å². The van der Waals surface area contributed by atoms with E-state index in [0.717, 1.165) is 16.6 Å². The van der Waals surface area contributed by atoms with Crippen molar-refractivity contribution in [2.24, 2.45) is 7.05 Å². The molecular weight excluding hydrogens is 254 g/mol. The zero-order valence-electron chi connectivity index (χ0n) is 11.3. The molecule has 0 saturated heterocycles. The summed E-state index contributed by atoms with van der Waals surface area (Å²) in [4.78, 5) is 11.5. The third-order valence-electron chi connectivity index (χ3n) is 3.62. The number of aliphatic hydroxyl groups is 1. The van der Waals surface area contributed by atoms with Crippen molar-refractivity contribution in [3.05, 3.63) is 69.7 Å². The van der Waals surface area contributed by atoms with Gasteiger partial charge in [-0.25, -0.2) is 4.79 Å². The van der Waals surface area contributed by atoms with Crippen LogP contribution in [0.3, 0.4) is 0 Å². The van der Waals surface area contributed by atoms with E-state index in [1.54, 1.807) is 19.2 Å². The first-order valence-corrected chi connectivity index (χ1v) is 6.41. The fourth-order valence-corrected chi connectivity index (χ4v) is 2.39. The summed E-state index contributed by atoms with van der Waals surface area (Å²) in [5, 5.41) is 10.5. The summed E-state index contributed by atoms with van der Waals surface area (Å²) in [6.07, 6.45) is -0.730. The largest absolute Gasteiger partial charge is 0.419 e. The van der Waals surface area contributed by atoms with E-state index >= 15 is 0 Å². The lowest BCUT2D eigenvalue weighted by Crippen LogP contribution is -2.08. The number of aliphatic hydroxyl groups excluding tert-OH is 1. The van der Waals surface area contributed by atoms with Gasteiger partial charge in [0.15, 0.2) is 5.58 Å². The number of benzene rings is 2. The van der Waals surface area contributed by atoms with Crippen LogP contribution in [0.2, 0.25) is 0 Å². The van der Waals surface area contributed by atoms with Crippen LogP contribution in [0.15, 0.2) is 51.7 Å². The lowest BCUT2D eigenvalue weighted by molar-refractivity contribution is 0.219. The SMILES string of the molecule is Cc1ccccc1C(O)c1ccc2c(c1)oc(=O)n2C. The number of hydrogen-bond acceptors (Lipinski definition) is 3. The molecular formula is C16H15NO3. The molecule has 0 spiro atoms. The summed E-state index contributed by atoms with van der Waals surface area (Å²) in [5.41, 5.74) is 3.79. The van der Waals surface area contributed by atoms with Crippen molar-refractivity contribution in [1.82, 2.24) is 4.57 Å². The molecule has 0 bridgehead atoms. The Balaban J connectivity index is 2.11. The van der Waals surface area contributed by atoms with Gasteiger partial charge in [0.25, 0.3) is 0 Å². The third-order valence-corrected chi connectivity index (χ3v) is 3.62. The second kappa shape index (κ2) is 4.65. The van der Waals surface area contributed by atoms with E-state index in [2.05, 4.69) is 0 Å². The number of nitrogens with zero attached hydrogens (tertiary/aromatic N) is 1. The predicted molar refractivity (Wildman–Crippen MR) is 76.7 cm³/mol. The number of aromatic nitrogens is 1. The second-order valence-corrected chi connectivity index (χ2v) is 4.91. The van der Waals surface area contributed by atoms with E-state index in [1.165, 1.54) is 4.57 Å². The zero-order valence-corrected chi connectivity index (χ0v) is 11.3. The average molecular weight is 269 g/mol. The van der Waals surface area contributed by atoms with Crippen LogP contribution >= 0.6 is 0 Å². The van der Waals surface area contributed by atoms with Crippen LogP contribution in [0.5, 0.6) is 0 Å². The third kappa shape index (κ3) is 1.94. The van der Waals surface area contributed by atoms with Crippen molar-refractivity contribution in [3.63, 3.8) is 0 Å². The van der Waals surface area contributed by atoms with E-state index in [1.807, 2.05) is 37.3 Å². The standard InChI is InChI=1S/C16H15NO3/c1-10-5-3-4-6-12(10)15(18)11-7-8-13-14(9-11)20-16(19)17(13)2/h3-9,15,18H,1-2H3. The van der Waals surface area contributed by atoms with Gasteiger partial charge in [0, 0.05) is 7.05 Å². The summed E-state index contributed by atoms with van der Waals surface area (Å²) in [6, 6.07) is 13.0. The van der Waals surface area contributed by atoms with Crippen molar-refractivity contribution < 1.29 is 9.52 Å². The Morgan fingerprint density at radius 2 is 1.95 bits per heavy atom. The molecule has 4 heteroatoms. The maximum Gasteiger partial charge on any atom is 0.419 e. The molecule has 1 atom stereocenters. The first-order chi connectivity index (χ1) is 9.58. The normalized spacial score (nSPS) is 12.8. The Labute approximate surface area is 115 Å². The second-order valence-electron chi connectivity index (χ2n) is 4.91. The van der Waals surface area contributed by atoms with Gasteiger partial charge in [-0.3, -0.25) is 4.57 Å². The maximum atomic E-state index is 11.5. The molecule has 0 radical (unpaired) electrons. The molecule has 0 fully saturated rings. The summed E-state index contributed by atoms with van der Waals surface area (Å²) in [6.45, 7) is 1.96. The van der Waals surface area contributed by atoms with Crippen LogP contribution in [0.25, 0.3) is 11.1 Å². The molecule has 1 unspecified atom stereocenters. The van der Waals surface area contributed by atoms with Gasteiger partial charge in [-0.15, -0.1) is 0 Å². The van der Waals surface area contributed by atoms with Crippen molar-refractivity contribution in [1.29, 1.82) is 0 Å². The molecule has 1 heterocycles. The molecule has 20 heavy (non-hydrogen) atoms. The Kier molecular flexibility index (Phi) is 2.95. The lowest BCUT2D eigenvalue weighted by atomic mass is 9.97. The first-order valence-electron chi connectivity index (χ1n) is 6.41. The van der Waals surface area contributed by atoms with Crippen molar-refractivity contribution in [2.45, 2.75) is 13.0 Å². The van der Waals surface area contributed by atoms with Gasteiger partial charge < -0.3 is 9.52 Å². The van der Waals surface area contributed by atoms with Gasteiger partial charge in [-0.2, -0.15) is 0 Å². The smallest absolute Gasteiger partial charge is 0.408 e. The van der Waals surface area contributed by atoms with Crippen molar-refractivity contribution >= 4 is 11.1 Å². The van der Waals surface area contributed by atoms with Gasteiger partial charge >= 0.3 is 5.76 Å². The molecule has 0 saturated carbocycles. The van der Waals surface area contributed by atoms with E-state index in [0.29, 0.717) is 11.1 Å². The van der Waals surface area contributed by atoms with Gasteiger partial charge in [0.1, 0.15) is 6.10 Å². The van der Waals surface area contributed by atoms with E-state index in [4.69, 9.17) is 4.42 Å². The number of fused-ring (bicyclic) bond motifs is 1. The number of aryl methyl sites for hydroxylation is 2. The van der Waals surface area contributed by atoms with Gasteiger partial charge in [-0.1, -0.05) is 30.3 Å². The molecule has 1 aromatic heterocycles. The van der Waals surface area contributed by atoms with Gasteiger partial charge in [0.05, 0.1) is 5.52 Å². The highest BCUT2D eigenvalue weighted by molar-refractivity contribution is 5.74. The summed E-state index contributed by atoms with van der Waals surface area (Å²) >= 11 is 0. The van der Waals surface area contributed by atoms with Gasteiger partial charge in [0.2, 0.25) is 0 Å². The number of oxazole rings is 1. The molecule has 2 aromatic carbocycles. The van der Waals surface area contributed by atoms with Crippen LogP contribution in [-0.2, 0) is 7.05 Å². The Hall–Kier alpha value is -2.33. The minimum Gasteiger partial charge on any atom is -0.408 e. The monoisotopic (exact) mass is 269 g/mol. The molecule has 4 nitrogen and oxygen atoms in total. The molecule has 0 aliphatic heterocycles. The Bertz CT molecular complexity index is 829. The lowest BCUT2D eigenvalue weighted by Gasteiger charge is -2.13. The summed E-state index contributed by atoms with van der Waals surface area (Å²) in [7, 11) is 1.66. The summed E-state index contributed by atoms with van der Waals surface area (Å²) in [5.74, 6) is -0.400. The van der Waals surface area contributed by atoms with E-state index in [9.17, 15) is 9.90 Å². The first kappa shape index (κ1) is 12.7. The molecule has 3 rings (SSSR count). The van der Waals surface area contributed by atoms with Crippen molar-refractivity contribution in [2.75, 3.05) is 0 Å². The van der Waals surface area contributed by atoms with Crippen molar-refractivity contribution in [3.8, 4) is 0 Å². The minimum absolute atomic E-state index is 0.400. The molecule has 1 N–H and O–H groups in total. The number of rotatable bonds is 2. The maximum absolute atomic E-state index is 11.5. The Morgan fingerprint density at radius 3 is 2.70 bits per heavy atom. The molecule has 3 aromatic rings. The molecule has 0 amide bonds. The van der Waals surface area contributed by atoms with Crippen LogP contribution in [-0.4, -0.2) is 9.67 Å². The Morgan fingerprint density at radius 1 is 1.20 bits per heavy atom. The fourth-order valence-electron chi connectivity index (χ4n) is 2.39. The zero-order chi connectivity index (χ0) is 14.3. The predicted octanol–water partition coefficient (Wildman–Crippen LogP) is 2.52. The molecule has 0 aliphatic rings. The quantitative estimate of drug-likeness (QED) is 0.777. The highest BCUT2D eigenvalue weighted by Gasteiger charge is 2.15. The highest BCUT2D eigenvalue weighted by atomic mass is 16.4. The average Bonchev–Trinajstić information content (AvgIpc) is 2.73. The molecule has 0 aliphatic carbocycles. The minimum atomic E-state index is -0.730. The fraction of sp³-hybridized carbons (Fsp3) is 0.188. The van der Waals surface area contributed by atoms with E-state index < -0.39 is 11.9 Å². The summed E-state index contributed by atoms with van der Waals surface area (Å²) < 4.78 is 6.60. The molecule has 102 valence electrons. The number of hydrogen-bond donors (Lipinski definition) is 1. The topological polar surface area (TPSA) is 55.4 Å². The van der Waals surface area contributed by atoms with Gasteiger partial charge in [-0.05, 0) is 35.7 Å². The van der Waals surface area contributed by atoms with Crippen LogP contribution in [0.1, 0.15) is 22.8 Å². The van der Waals surface area contributed by atoms with Crippen LogP contribution < -0.4 is 5.76 Å². The highest BCUT2D eigenvalue weighted by Crippen LogP contribution is 2.26.